The Morgan fingerprint density at radius 3 is 0.805 bits per heavy atom. The number of phenolic OH excluding ortho intramolecular Hbond substituents is 2. The van der Waals surface area contributed by atoms with Gasteiger partial charge in [-0.05, 0) is 55.0 Å². The predicted molar refractivity (Wildman–Crippen MR) is 154 cm³/mol. The van der Waals surface area contributed by atoms with Crippen LogP contribution in [0.25, 0.3) is 0 Å². The number of hydrogen-bond donors (Lipinski definition) is 2. The average Bonchev–Trinajstić information content (AvgIpc) is 2.65. The molecule has 11 heteroatoms. The molecule has 41 heavy (non-hydrogen) atoms. The summed E-state index contributed by atoms with van der Waals surface area (Å²) in [5, 5.41) is 20.9. The summed E-state index contributed by atoms with van der Waals surface area (Å²) in [6, 6.07) is 6.47. The SMILES string of the molecule is CC(C)(C)c1cc(CP(=O)([O-])[O-])cc(C(C)(C)C)c1O.CC(C)(C)c1cc(CP(=O)([O-])[O-])cc(C(C)(C)C)c1O.[Ni]. The van der Waals surface area contributed by atoms with Gasteiger partial charge in [-0.15, -0.1) is 0 Å². The first-order valence-corrected chi connectivity index (χ1v) is 16.6. The first-order valence-electron chi connectivity index (χ1n) is 13.2. The van der Waals surface area contributed by atoms with E-state index >= 15 is 0 Å². The standard InChI is InChI=1S/2C15H25O4P.Ni/c2*1-14(2,3)11-7-10(9-20(17,18)19)8-12(13(11)16)15(4,5)6;/h2*7-8,16H,9H2,1-6H3,(H2,17,18,19);/p-4. The number of aromatic hydroxyl groups is 2. The fourth-order valence-electron chi connectivity index (χ4n) is 4.31. The van der Waals surface area contributed by atoms with Gasteiger partial charge in [-0.3, -0.25) is 0 Å². The van der Waals surface area contributed by atoms with Gasteiger partial charge in [0.2, 0.25) is 0 Å². The van der Waals surface area contributed by atoms with E-state index in [0.29, 0.717) is 33.4 Å². The molecule has 0 saturated carbocycles. The summed E-state index contributed by atoms with van der Waals surface area (Å²) in [6.07, 6.45) is -1.06. The molecule has 0 aromatic heterocycles. The third-order valence-corrected chi connectivity index (χ3v) is 7.83. The zero-order valence-corrected chi connectivity index (χ0v) is 29.1. The van der Waals surface area contributed by atoms with Crippen LogP contribution in [0.3, 0.4) is 0 Å². The van der Waals surface area contributed by atoms with Crippen LogP contribution in [0, 0.1) is 0 Å². The monoisotopic (exact) mass is 654 g/mol. The van der Waals surface area contributed by atoms with Crippen LogP contribution >= 0.6 is 15.2 Å². The molecule has 0 aliphatic carbocycles. The van der Waals surface area contributed by atoms with Crippen molar-refractivity contribution in [3.63, 3.8) is 0 Å². The van der Waals surface area contributed by atoms with Crippen LogP contribution in [0.15, 0.2) is 24.3 Å². The maximum Gasteiger partial charge on any atom is 0.123 e. The first-order chi connectivity index (χ1) is 17.4. The minimum atomic E-state index is -4.63. The van der Waals surface area contributed by atoms with E-state index in [2.05, 4.69) is 0 Å². The number of rotatable bonds is 4. The normalized spacial score (nSPS) is 13.3. The van der Waals surface area contributed by atoms with Crippen LogP contribution in [0.1, 0.15) is 116 Å². The first kappa shape index (κ1) is 39.8. The van der Waals surface area contributed by atoms with Crippen LogP contribution < -0.4 is 19.6 Å². The van der Waals surface area contributed by atoms with E-state index in [-0.39, 0.29) is 49.7 Å². The Labute approximate surface area is 256 Å². The van der Waals surface area contributed by atoms with Crippen molar-refractivity contribution in [2.45, 2.75) is 117 Å². The summed E-state index contributed by atoms with van der Waals surface area (Å²) >= 11 is 0. The van der Waals surface area contributed by atoms with Gasteiger partial charge in [-0.2, -0.15) is 0 Å². The van der Waals surface area contributed by atoms with Crippen LogP contribution in [-0.4, -0.2) is 10.2 Å². The van der Waals surface area contributed by atoms with Crippen LogP contribution in [0.2, 0.25) is 0 Å². The van der Waals surface area contributed by atoms with Gasteiger partial charge in [0.15, 0.2) is 0 Å². The van der Waals surface area contributed by atoms with Crippen molar-refractivity contribution in [3.05, 3.63) is 57.6 Å². The molecule has 0 bridgehead atoms. The van der Waals surface area contributed by atoms with Crippen molar-refractivity contribution in [2.75, 3.05) is 0 Å². The van der Waals surface area contributed by atoms with Crippen molar-refractivity contribution < 1.29 is 55.4 Å². The average molecular weight is 655 g/mol. The van der Waals surface area contributed by atoms with Gasteiger partial charge in [0, 0.05) is 28.8 Å². The van der Waals surface area contributed by atoms with Gasteiger partial charge in [-0.1, -0.05) is 123 Å². The quantitative estimate of drug-likeness (QED) is 0.350. The maximum absolute atomic E-state index is 11.0. The zero-order chi connectivity index (χ0) is 31.9. The number of benzene rings is 2. The van der Waals surface area contributed by atoms with E-state index < -0.39 is 27.5 Å². The summed E-state index contributed by atoms with van der Waals surface area (Å²) in [7, 11) is -9.26. The van der Waals surface area contributed by atoms with Gasteiger partial charge in [0.1, 0.15) is 11.5 Å². The van der Waals surface area contributed by atoms with Crippen molar-refractivity contribution in [3.8, 4) is 11.5 Å². The van der Waals surface area contributed by atoms with Gasteiger partial charge < -0.3 is 38.9 Å². The van der Waals surface area contributed by atoms with E-state index in [0.717, 1.165) is 0 Å². The molecule has 8 nitrogen and oxygen atoms in total. The molecule has 2 rings (SSSR count). The summed E-state index contributed by atoms with van der Waals surface area (Å²) in [6.45, 7) is 23.2. The Hall–Kier alpha value is -1.17. The molecule has 2 aromatic rings. The van der Waals surface area contributed by atoms with Crippen LogP contribution in [0.5, 0.6) is 11.5 Å². The Balaban J connectivity index is 0.000000762. The van der Waals surface area contributed by atoms with E-state index in [9.17, 15) is 38.9 Å². The Bertz CT molecular complexity index is 1130. The molecule has 0 aliphatic rings. The molecule has 0 aliphatic heterocycles. The molecule has 2 aromatic carbocycles. The molecule has 238 valence electrons. The molecular weight excluding hydrogens is 609 g/mol. The zero-order valence-electron chi connectivity index (χ0n) is 26.3. The molecule has 0 atom stereocenters. The van der Waals surface area contributed by atoms with Crippen molar-refractivity contribution in [1.82, 2.24) is 0 Å². The third kappa shape index (κ3) is 12.5. The van der Waals surface area contributed by atoms with E-state index in [4.69, 9.17) is 0 Å². The van der Waals surface area contributed by atoms with Crippen LogP contribution in [-0.2, 0) is 59.6 Å². The molecule has 0 heterocycles. The molecular formula is C30H46NiO8P2-4. The summed E-state index contributed by atoms with van der Waals surface area (Å²) < 4.78 is 22.0. The largest absolute Gasteiger partial charge is 0.810 e. The van der Waals surface area contributed by atoms with E-state index in [1.807, 2.05) is 83.1 Å². The minimum absolute atomic E-state index is 0. The van der Waals surface area contributed by atoms with Gasteiger partial charge in [0.25, 0.3) is 0 Å². The fraction of sp³-hybridized carbons (Fsp3) is 0.600. The topological polar surface area (TPSA) is 167 Å². The minimum Gasteiger partial charge on any atom is -0.810 e. The van der Waals surface area contributed by atoms with Gasteiger partial charge >= 0.3 is 0 Å². The molecule has 2 N–H and O–H groups in total. The molecule has 0 unspecified atom stereocenters. The molecule has 0 saturated heterocycles. The van der Waals surface area contributed by atoms with Gasteiger partial charge in [-0.25, -0.2) is 0 Å². The van der Waals surface area contributed by atoms with Crippen molar-refractivity contribution in [2.24, 2.45) is 0 Å². The molecule has 0 amide bonds. The molecule has 0 radical (unpaired) electrons. The predicted octanol–water partition coefficient (Wildman–Crippen LogP) is 4.80. The van der Waals surface area contributed by atoms with Crippen LogP contribution in [0.4, 0.5) is 0 Å². The molecule has 0 fully saturated rings. The van der Waals surface area contributed by atoms with Crippen molar-refractivity contribution >= 4 is 15.2 Å². The second-order valence-electron chi connectivity index (χ2n) is 14.6. The summed E-state index contributed by atoms with van der Waals surface area (Å²) in [4.78, 5) is 44.1. The maximum atomic E-state index is 11.0. The molecule has 0 spiro atoms. The third-order valence-electron chi connectivity index (χ3n) is 6.32. The fourth-order valence-corrected chi connectivity index (χ4v) is 5.56. The van der Waals surface area contributed by atoms with Gasteiger partial charge in [0.05, 0.1) is 0 Å². The second kappa shape index (κ2) is 13.2. The smallest absolute Gasteiger partial charge is 0.123 e. The number of hydrogen-bond acceptors (Lipinski definition) is 8. The Morgan fingerprint density at radius 1 is 0.512 bits per heavy atom. The second-order valence-corrected chi connectivity index (χ2v) is 17.7. The van der Waals surface area contributed by atoms with Crippen molar-refractivity contribution in [1.29, 1.82) is 0 Å². The van der Waals surface area contributed by atoms with E-state index in [1.165, 1.54) is 0 Å². The van der Waals surface area contributed by atoms with E-state index in [1.54, 1.807) is 24.3 Å². The Morgan fingerprint density at radius 2 is 0.683 bits per heavy atom. The Kier molecular flexibility index (Phi) is 12.8. The summed E-state index contributed by atoms with van der Waals surface area (Å²) in [5.41, 5.74) is 2.16. The summed E-state index contributed by atoms with van der Waals surface area (Å²) in [5.74, 6) is 0.362. The number of phenols is 2.